The molecular weight excluding hydrogens is 683 g/mol. The summed E-state index contributed by atoms with van der Waals surface area (Å²) in [6, 6.07) is 0. The van der Waals surface area contributed by atoms with E-state index in [0.29, 0.717) is 0 Å². The lowest BCUT2D eigenvalue weighted by Crippen LogP contribution is -2.10. The molecule has 0 aromatic heterocycles. The van der Waals surface area contributed by atoms with Crippen LogP contribution < -0.4 is 14.2 Å². The summed E-state index contributed by atoms with van der Waals surface area (Å²) in [6.07, 6.45) is 0.0527. The molecule has 0 fully saturated rings. The van der Waals surface area contributed by atoms with Gasteiger partial charge in [0, 0.05) is 0 Å². The van der Waals surface area contributed by atoms with Crippen LogP contribution in [0.25, 0.3) is 6.08 Å². The molecule has 4 aromatic rings. The maximum atomic E-state index is 15.6. The Hall–Kier alpha value is -5.17. The fraction of sp³-hybridized carbons (Fsp3) is 0. The van der Waals surface area contributed by atoms with Gasteiger partial charge in [-0.25, -0.2) is 39.5 Å². The summed E-state index contributed by atoms with van der Waals surface area (Å²) in [7, 11) is 0. The third kappa shape index (κ3) is 5.06. The van der Waals surface area contributed by atoms with Crippen LogP contribution in [0, 0.1) is 98.9 Å². The van der Waals surface area contributed by atoms with E-state index in [-0.39, 0.29) is 6.08 Å². The molecule has 4 rings (SSSR count). The number of benzene rings is 4. The molecule has 0 heterocycles. The van der Waals surface area contributed by atoms with Gasteiger partial charge in [0.2, 0.25) is 122 Å². The molecule has 0 aliphatic heterocycles. The zero-order valence-corrected chi connectivity index (χ0v) is 20.9. The number of hydrogen-bond acceptors (Lipinski definition) is 3. The van der Waals surface area contributed by atoms with E-state index in [0.717, 1.165) is 0 Å². The maximum absolute atomic E-state index is 15.6. The lowest BCUT2D eigenvalue weighted by molar-refractivity contribution is 0.294. The van der Waals surface area contributed by atoms with Crippen molar-refractivity contribution < 1.29 is 88.8 Å². The van der Waals surface area contributed by atoms with Crippen LogP contribution in [0.1, 0.15) is 5.56 Å². The van der Waals surface area contributed by atoms with E-state index in [9.17, 15) is 65.9 Å². The SMILES string of the molecule is C=Cc1c(Oc2c(F)c(F)c(F)c(F)c2F)c(F)c(Oc2c(F)c(F)c(F)c(F)c2F)c(F)c1Oc1c(F)c(F)c(F)c(F)c1F. The smallest absolute Gasteiger partial charge is 0.212 e. The van der Waals surface area contributed by atoms with E-state index >= 15 is 8.78 Å². The van der Waals surface area contributed by atoms with Crippen LogP contribution in [0.5, 0.6) is 34.5 Å². The van der Waals surface area contributed by atoms with Gasteiger partial charge in [0.25, 0.3) is 0 Å². The molecule has 0 radical (unpaired) electrons. The molecule has 0 aliphatic carbocycles. The molecule has 3 nitrogen and oxygen atoms in total. The first-order valence-electron chi connectivity index (χ1n) is 11.1. The zero-order valence-electron chi connectivity index (χ0n) is 20.9. The lowest BCUT2D eigenvalue weighted by atomic mass is 10.1. The number of halogens is 17. The van der Waals surface area contributed by atoms with Crippen molar-refractivity contribution in [1.29, 1.82) is 0 Å². The standard InChI is InChI=1S/C26H3F17O3/c1-2-3-21(44-23-13(36)7(30)4(27)8(31)14(23)37)19(42)26(46-25-17(40)11(34)6(29)12(35)18(25)41)20(43)22(3)45-24-15(38)9(32)5(28)10(33)16(24)39/h2H,1H2. The molecule has 0 N–H and O–H groups in total. The highest BCUT2D eigenvalue weighted by atomic mass is 19.2. The maximum Gasteiger partial charge on any atom is 0.212 e. The Kier molecular flexibility index (Phi) is 8.77. The summed E-state index contributed by atoms with van der Waals surface area (Å²) >= 11 is 0. The zero-order chi connectivity index (χ0) is 34.7. The molecule has 0 aliphatic rings. The number of ether oxygens (including phenoxy) is 3. The van der Waals surface area contributed by atoms with Gasteiger partial charge in [-0.05, 0) is 0 Å². The molecule has 4 aromatic carbocycles. The molecule has 46 heavy (non-hydrogen) atoms. The molecule has 244 valence electrons. The highest BCUT2D eigenvalue weighted by molar-refractivity contribution is 5.68. The van der Waals surface area contributed by atoms with Gasteiger partial charge in [0.1, 0.15) is 0 Å². The molecule has 0 amide bonds. The predicted molar refractivity (Wildman–Crippen MR) is 115 cm³/mol. The Morgan fingerprint density at radius 2 is 0.435 bits per heavy atom. The van der Waals surface area contributed by atoms with Crippen LogP contribution in [0.15, 0.2) is 6.58 Å². The van der Waals surface area contributed by atoms with Gasteiger partial charge in [0.05, 0.1) is 5.56 Å². The summed E-state index contributed by atoms with van der Waals surface area (Å²) in [6.45, 7) is 2.89. The Morgan fingerprint density at radius 1 is 0.261 bits per heavy atom. The second-order valence-electron chi connectivity index (χ2n) is 8.24. The van der Waals surface area contributed by atoms with Crippen molar-refractivity contribution in [3.63, 3.8) is 0 Å². The Morgan fingerprint density at radius 3 is 0.652 bits per heavy atom. The second-order valence-corrected chi connectivity index (χ2v) is 8.24. The van der Waals surface area contributed by atoms with Crippen molar-refractivity contribution in [2.24, 2.45) is 0 Å². The summed E-state index contributed by atoms with van der Waals surface area (Å²) in [5, 5.41) is 0. The summed E-state index contributed by atoms with van der Waals surface area (Å²) < 4.78 is 252. The number of rotatable bonds is 7. The molecule has 0 bridgehead atoms. The van der Waals surface area contributed by atoms with Crippen molar-refractivity contribution in [3.8, 4) is 34.5 Å². The van der Waals surface area contributed by atoms with E-state index in [1.54, 1.807) is 0 Å². The summed E-state index contributed by atoms with van der Waals surface area (Å²) in [4.78, 5) is 0. The molecule has 0 spiro atoms. The van der Waals surface area contributed by atoms with Crippen LogP contribution in [-0.4, -0.2) is 0 Å². The third-order valence-electron chi connectivity index (χ3n) is 5.61. The van der Waals surface area contributed by atoms with Crippen LogP contribution in [0.3, 0.4) is 0 Å². The van der Waals surface area contributed by atoms with Crippen LogP contribution in [0.2, 0.25) is 0 Å². The first-order valence-corrected chi connectivity index (χ1v) is 11.1. The fourth-order valence-corrected chi connectivity index (χ4v) is 3.45. The van der Waals surface area contributed by atoms with E-state index in [2.05, 4.69) is 20.8 Å². The highest BCUT2D eigenvalue weighted by Crippen LogP contribution is 2.49. The third-order valence-corrected chi connectivity index (χ3v) is 5.61. The molecule has 0 atom stereocenters. The Labute approximate surface area is 241 Å². The monoisotopic (exact) mass is 686 g/mol. The van der Waals surface area contributed by atoms with E-state index in [1.165, 1.54) is 0 Å². The van der Waals surface area contributed by atoms with Gasteiger partial charge in [0.15, 0.2) is 11.5 Å². The van der Waals surface area contributed by atoms with E-state index in [4.69, 9.17) is 0 Å². The quantitative estimate of drug-likeness (QED) is 0.110. The number of hydrogen-bond donors (Lipinski definition) is 0. The van der Waals surface area contributed by atoms with Crippen molar-refractivity contribution in [3.05, 3.63) is 111 Å². The van der Waals surface area contributed by atoms with E-state index in [1.807, 2.05) is 0 Å². The average molecular weight is 686 g/mol. The topological polar surface area (TPSA) is 27.7 Å². The van der Waals surface area contributed by atoms with Gasteiger partial charge < -0.3 is 14.2 Å². The summed E-state index contributed by atoms with van der Waals surface area (Å²) in [5.74, 6) is -62.2. The van der Waals surface area contributed by atoms with Crippen molar-refractivity contribution >= 4 is 6.08 Å². The van der Waals surface area contributed by atoms with Crippen LogP contribution >= 0.6 is 0 Å². The predicted octanol–water partition coefficient (Wildman–Crippen LogP) is 10.1. The Bertz CT molecular complexity index is 1790. The van der Waals surface area contributed by atoms with Crippen molar-refractivity contribution in [2.45, 2.75) is 0 Å². The van der Waals surface area contributed by atoms with Gasteiger partial charge >= 0.3 is 0 Å². The normalized spacial score (nSPS) is 11.2. The van der Waals surface area contributed by atoms with Gasteiger partial charge in [-0.3, -0.25) is 0 Å². The Balaban J connectivity index is 2.11. The highest BCUT2D eigenvalue weighted by Gasteiger charge is 2.37. The first kappa shape index (κ1) is 33.7. The molecular formula is C26H3F17O3. The van der Waals surface area contributed by atoms with E-state index < -0.39 is 139 Å². The van der Waals surface area contributed by atoms with Crippen LogP contribution in [0.4, 0.5) is 74.6 Å². The second kappa shape index (κ2) is 12.0. The van der Waals surface area contributed by atoms with Crippen molar-refractivity contribution in [2.75, 3.05) is 0 Å². The largest absolute Gasteiger partial charge is 0.447 e. The van der Waals surface area contributed by atoms with Crippen LogP contribution in [-0.2, 0) is 0 Å². The lowest BCUT2D eigenvalue weighted by Gasteiger charge is -2.20. The van der Waals surface area contributed by atoms with Gasteiger partial charge in [-0.15, -0.1) is 0 Å². The summed E-state index contributed by atoms with van der Waals surface area (Å²) in [5.41, 5.74) is -1.67. The fourth-order valence-electron chi connectivity index (χ4n) is 3.45. The first-order chi connectivity index (χ1) is 21.4. The van der Waals surface area contributed by atoms with Crippen molar-refractivity contribution in [1.82, 2.24) is 0 Å². The minimum atomic E-state index is -2.88. The average Bonchev–Trinajstić information content (AvgIpc) is 3.04. The molecule has 0 saturated carbocycles. The molecule has 0 saturated heterocycles. The van der Waals surface area contributed by atoms with Gasteiger partial charge in [-0.1, -0.05) is 12.7 Å². The molecule has 20 heteroatoms. The minimum absolute atomic E-state index is 0.0527. The molecule has 0 unspecified atom stereocenters. The van der Waals surface area contributed by atoms with Gasteiger partial charge in [-0.2, -0.15) is 35.1 Å². The minimum Gasteiger partial charge on any atom is -0.447 e.